The van der Waals surface area contributed by atoms with Gasteiger partial charge in [-0.3, -0.25) is 4.79 Å². The van der Waals surface area contributed by atoms with Crippen LogP contribution in [0.4, 0.5) is 0 Å². The number of pyridine rings is 1. The van der Waals surface area contributed by atoms with Gasteiger partial charge in [0.1, 0.15) is 17.9 Å². The Bertz CT molecular complexity index is 1340. The van der Waals surface area contributed by atoms with Gasteiger partial charge in [0.15, 0.2) is 0 Å². The fourth-order valence-corrected chi connectivity index (χ4v) is 4.12. The Hall–Kier alpha value is -3.93. The molecule has 0 aliphatic heterocycles. The minimum absolute atomic E-state index is 0.184. The molecule has 1 fully saturated rings. The summed E-state index contributed by atoms with van der Waals surface area (Å²) in [6, 6.07) is 22.9. The molecule has 1 saturated carbocycles. The molecule has 1 aliphatic carbocycles. The molecule has 0 atom stereocenters. The van der Waals surface area contributed by atoms with Gasteiger partial charge in [-0.05, 0) is 42.8 Å². The number of hydrogen-bond acceptors (Lipinski definition) is 4. The van der Waals surface area contributed by atoms with E-state index >= 15 is 0 Å². The summed E-state index contributed by atoms with van der Waals surface area (Å²) >= 11 is 0. The number of fused-ring (bicyclic) bond motifs is 2. The molecular formula is C26H22N2O4. The average molecular weight is 426 g/mol. The number of carboxylic acids is 1. The van der Waals surface area contributed by atoms with Gasteiger partial charge in [0.05, 0.1) is 16.8 Å². The van der Waals surface area contributed by atoms with E-state index in [1.807, 2.05) is 66.7 Å². The summed E-state index contributed by atoms with van der Waals surface area (Å²) in [4.78, 5) is 29.5. The van der Waals surface area contributed by atoms with E-state index < -0.39 is 17.4 Å². The normalized spacial score (nSPS) is 14.6. The summed E-state index contributed by atoms with van der Waals surface area (Å²) in [7, 11) is 0. The number of carbonyl (C=O) groups is 2. The number of hydrogen-bond donors (Lipinski definition) is 2. The molecule has 3 aromatic carbocycles. The van der Waals surface area contributed by atoms with E-state index in [-0.39, 0.29) is 6.61 Å². The quantitative estimate of drug-likeness (QED) is 0.466. The van der Waals surface area contributed by atoms with E-state index in [1.54, 1.807) is 6.07 Å². The lowest BCUT2D eigenvalue weighted by molar-refractivity contribution is -0.148. The Morgan fingerprint density at radius 1 is 0.938 bits per heavy atom. The molecule has 6 nitrogen and oxygen atoms in total. The summed E-state index contributed by atoms with van der Waals surface area (Å²) in [6.45, 7) is 0.184. The van der Waals surface area contributed by atoms with E-state index in [9.17, 15) is 14.7 Å². The maximum Gasteiger partial charge on any atom is 0.329 e. The number of aromatic nitrogens is 1. The van der Waals surface area contributed by atoms with Crippen molar-refractivity contribution in [3.8, 4) is 5.75 Å². The van der Waals surface area contributed by atoms with Gasteiger partial charge in [-0.1, -0.05) is 54.6 Å². The third-order valence-corrected chi connectivity index (χ3v) is 6.11. The molecule has 1 aromatic heterocycles. The molecule has 0 spiro atoms. The minimum Gasteiger partial charge on any atom is -0.486 e. The fourth-order valence-electron chi connectivity index (χ4n) is 4.12. The zero-order valence-electron chi connectivity index (χ0n) is 17.4. The Kier molecular flexibility index (Phi) is 4.98. The lowest BCUT2D eigenvalue weighted by Crippen LogP contribution is -2.59. The zero-order chi connectivity index (χ0) is 22.1. The smallest absolute Gasteiger partial charge is 0.329 e. The maximum atomic E-state index is 13.1. The predicted molar refractivity (Wildman–Crippen MR) is 122 cm³/mol. The van der Waals surface area contributed by atoms with E-state index in [2.05, 4.69) is 10.3 Å². The van der Waals surface area contributed by atoms with Crippen molar-refractivity contribution in [1.82, 2.24) is 10.3 Å². The number of benzene rings is 3. The van der Waals surface area contributed by atoms with Crippen LogP contribution in [-0.4, -0.2) is 27.5 Å². The molecule has 2 N–H and O–H groups in total. The highest BCUT2D eigenvalue weighted by atomic mass is 16.5. The molecular weight excluding hydrogens is 404 g/mol. The van der Waals surface area contributed by atoms with Crippen LogP contribution in [0.25, 0.3) is 21.7 Å². The molecule has 1 heterocycles. The van der Waals surface area contributed by atoms with Gasteiger partial charge in [0.2, 0.25) is 0 Å². The van der Waals surface area contributed by atoms with Crippen molar-refractivity contribution in [2.24, 2.45) is 0 Å². The monoisotopic (exact) mass is 426 g/mol. The molecule has 0 radical (unpaired) electrons. The molecule has 1 aliphatic rings. The van der Waals surface area contributed by atoms with Gasteiger partial charge in [-0.15, -0.1) is 0 Å². The third-order valence-electron chi connectivity index (χ3n) is 6.11. The second-order valence-electron chi connectivity index (χ2n) is 8.14. The Balaban J connectivity index is 1.48. The van der Waals surface area contributed by atoms with Crippen molar-refractivity contribution >= 4 is 33.6 Å². The van der Waals surface area contributed by atoms with Crippen LogP contribution in [0.5, 0.6) is 5.75 Å². The van der Waals surface area contributed by atoms with Crippen LogP contribution in [0, 0.1) is 0 Å². The first kappa shape index (κ1) is 20.0. The summed E-state index contributed by atoms with van der Waals surface area (Å²) in [5.74, 6) is -1.02. The van der Waals surface area contributed by atoms with Crippen LogP contribution in [0.1, 0.15) is 35.3 Å². The largest absolute Gasteiger partial charge is 0.486 e. The van der Waals surface area contributed by atoms with Crippen molar-refractivity contribution in [2.75, 3.05) is 0 Å². The van der Waals surface area contributed by atoms with Crippen molar-refractivity contribution in [3.05, 3.63) is 84.1 Å². The van der Waals surface area contributed by atoms with Crippen LogP contribution >= 0.6 is 0 Å². The minimum atomic E-state index is -1.19. The van der Waals surface area contributed by atoms with Crippen LogP contribution in [-0.2, 0) is 11.4 Å². The summed E-state index contributed by atoms with van der Waals surface area (Å²) in [5.41, 5.74) is 0.735. The highest BCUT2D eigenvalue weighted by molar-refractivity contribution is 6.05. The number of rotatable bonds is 6. The molecule has 32 heavy (non-hydrogen) atoms. The molecule has 0 unspecified atom stereocenters. The number of para-hydroxylation sites is 1. The highest BCUT2D eigenvalue weighted by Gasteiger charge is 2.46. The van der Waals surface area contributed by atoms with Crippen molar-refractivity contribution < 1.29 is 19.4 Å². The Morgan fingerprint density at radius 2 is 1.66 bits per heavy atom. The number of nitrogens with zero attached hydrogens (tertiary/aromatic N) is 1. The first-order valence-corrected chi connectivity index (χ1v) is 10.6. The Labute approximate surface area is 184 Å². The van der Waals surface area contributed by atoms with Crippen molar-refractivity contribution in [1.29, 1.82) is 0 Å². The van der Waals surface area contributed by atoms with Gasteiger partial charge in [-0.2, -0.15) is 0 Å². The molecule has 6 heteroatoms. The molecule has 160 valence electrons. The standard InChI is InChI=1S/C26H22N2O4/c29-24(28-26(25(30)31)14-5-15-26)21-13-11-17-6-1-3-8-20(17)23(21)32-16-19-12-10-18-7-2-4-9-22(18)27-19/h1-4,6-13H,5,14-16H2,(H,28,29)(H,30,31). The van der Waals surface area contributed by atoms with Crippen LogP contribution in [0.15, 0.2) is 72.8 Å². The van der Waals surface area contributed by atoms with Crippen LogP contribution < -0.4 is 10.1 Å². The van der Waals surface area contributed by atoms with Gasteiger partial charge in [0.25, 0.3) is 5.91 Å². The second-order valence-corrected chi connectivity index (χ2v) is 8.14. The van der Waals surface area contributed by atoms with Crippen molar-refractivity contribution in [2.45, 2.75) is 31.4 Å². The zero-order valence-corrected chi connectivity index (χ0v) is 17.4. The number of ether oxygens (including phenoxy) is 1. The molecule has 1 amide bonds. The van der Waals surface area contributed by atoms with Gasteiger partial charge in [0, 0.05) is 10.8 Å². The van der Waals surface area contributed by atoms with Crippen LogP contribution in [0.2, 0.25) is 0 Å². The number of carbonyl (C=O) groups excluding carboxylic acids is 1. The van der Waals surface area contributed by atoms with Crippen LogP contribution in [0.3, 0.4) is 0 Å². The lowest BCUT2D eigenvalue weighted by atomic mass is 9.76. The summed E-state index contributed by atoms with van der Waals surface area (Å²) < 4.78 is 6.16. The first-order chi connectivity index (χ1) is 15.6. The molecule has 5 rings (SSSR count). The van der Waals surface area contributed by atoms with Gasteiger partial charge >= 0.3 is 5.97 Å². The fraction of sp³-hybridized carbons (Fsp3) is 0.192. The van der Waals surface area contributed by atoms with E-state index in [1.165, 1.54) is 0 Å². The topological polar surface area (TPSA) is 88.5 Å². The van der Waals surface area contributed by atoms with Gasteiger partial charge < -0.3 is 15.2 Å². The van der Waals surface area contributed by atoms with Crippen molar-refractivity contribution in [3.63, 3.8) is 0 Å². The highest BCUT2D eigenvalue weighted by Crippen LogP contribution is 2.35. The number of amides is 1. The lowest BCUT2D eigenvalue weighted by Gasteiger charge is -2.38. The summed E-state index contributed by atoms with van der Waals surface area (Å²) in [5, 5.41) is 15.1. The molecule has 0 bridgehead atoms. The second kappa shape index (κ2) is 7.96. The van der Waals surface area contributed by atoms with E-state index in [0.29, 0.717) is 24.2 Å². The third kappa shape index (κ3) is 3.54. The summed E-state index contributed by atoms with van der Waals surface area (Å²) in [6.07, 6.45) is 1.64. The SMILES string of the molecule is O=C(NC1(C(=O)O)CCC1)c1ccc2ccccc2c1OCc1ccc2ccccc2n1. The predicted octanol–water partition coefficient (Wildman–Crippen LogP) is 4.70. The van der Waals surface area contributed by atoms with E-state index in [4.69, 9.17) is 4.74 Å². The number of carboxylic acid groups (broad SMARTS) is 1. The Morgan fingerprint density at radius 3 is 2.41 bits per heavy atom. The van der Waals surface area contributed by atoms with Gasteiger partial charge in [-0.25, -0.2) is 9.78 Å². The number of aliphatic carboxylic acids is 1. The number of nitrogens with one attached hydrogen (secondary N) is 1. The maximum absolute atomic E-state index is 13.1. The van der Waals surface area contributed by atoms with E-state index in [0.717, 1.165) is 33.8 Å². The molecule has 4 aromatic rings. The average Bonchev–Trinajstić information content (AvgIpc) is 2.79. The molecule has 0 saturated heterocycles. The first-order valence-electron chi connectivity index (χ1n) is 10.6.